The van der Waals surface area contributed by atoms with E-state index in [0.29, 0.717) is 76.7 Å². The summed E-state index contributed by atoms with van der Waals surface area (Å²) in [7, 11) is 0. The van der Waals surface area contributed by atoms with Crippen LogP contribution in [0, 0.1) is 11.8 Å². The van der Waals surface area contributed by atoms with E-state index in [-0.39, 0.29) is 17.3 Å². The van der Waals surface area contributed by atoms with Crippen molar-refractivity contribution in [3.63, 3.8) is 0 Å². The summed E-state index contributed by atoms with van der Waals surface area (Å²) in [5.74, 6) is 5.39. The maximum absolute atomic E-state index is 14.0. The number of nitrogens with one attached hydrogen (secondary N) is 1. The minimum atomic E-state index is -4.46. The minimum Gasteiger partial charge on any atom is -0.759 e. The van der Waals surface area contributed by atoms with Crippen LogP contribution in [0.15, 0.2) is 54.6 Å². The van der Waals surface area contributed by atoms with E-state index in [0.717, 1.165) is 35.8 Å². The standard InChI is InChI=1S/C33H31Cl2F3N6O4S2/c34-24-9-12-28(27(35)20-24)44-31(29-13-11-25(49-29)10-6-22-4-7-23(8-5-22)33(36,37)38)26(21-43(50(46)47)42-16-18-48-19-17-42)30(39-44)32(45)40-41-14-2-1-3-15-41/h4-5,7-9,11-13,20H,1-3,14-19,21H2,(H,40,45)(H,46,47)/p-1. The number of alkyl halides is 3. The van der Waals surface area contributed by atoms with Crippen LogP contribution in [0.3, 0.4) is 0 Å². The Hall–Kier alpha value is -3.30. The Labute approximate surface area is 303 Å². The highest BCUT2D eigenvalue weighted by atomic mass is 35.5. The molecular formula is C33H30Cl2F3N6O4S2-. The molecule has 2 aromatic heterocycles. The number of morpholine rings is 1. The highest BCUT2D eigenvalue weighted by Gasteiger charge is 2.32. The molecule has 4 aromatic rings. The number of hydrogen-bond acceptors (Lipinski definition) is 8. The first-order valence-corrected chi connectivity index (χ1v) is 18.2. The maximum Gasteiger partial charge on any atom is 0.416 e. The number of piperidine rings is 1. The Morgan fingerprint density at radius 2 is 1.74 bits per heavy atom. The lowest BCUT2D eigenvalue weighted by molar-refractivity contribution is -0.137. The molecule has 0 radical (unpaired) electrons. The van der Waals surface area contributed by atoms with Gasteiger partial charge in [-0.25, -0.2) is 14.7 Å². The second-order valence-electron chi connectivity index (χ2n) is 11.5. The smallest absolute Gasteiger partial charge is 0.416 e. The van der Waals surface area contributed by atoms with Crippen molar-refractivity contribution >= 4 is 51.7 Å². The van der Waals surface area contributed by atoms with Gasteiger partial charge in [0.25, 0.3) is 5.91 Å². The Bertz CT molecular complexity index is 1930. The number of aromatic nitrogens is 2. The van der Waals surface area contributed by atoms with Gasteiger partial charge in [0.15, 0.2) is 5.69 Å². The van der Waals surface area contributed by atoms with E-state index in [2.05, 4.69) is 17.3 Å². The molecule has 0 saturated carbocycles. The van der Waals surface area contributed by atoms with Gasteiger partial charge in [-0.05, 0) is 67.4 Å². The first-order valence-electron chi connectivity index (χ1n) is 15.6. The summed E-state index contributed by atoms with van der Waals surface area (Å²) in [4.78, 5) is 15.2. The lowest BCUT2D eigenvalue weighted by Crippen LogP contribution is -2.49. The van der Waals surface area contributed by atoms with Crippen LogP contribution >= 0.6 is 34.5 Å². The van der Waals surface area contributed by atoms with Crippen molar-refractivity contribution in [3.05, 3.63) is 91.9 Å². The zero-order valence-electron chi connectivity index (χ0n) is 26.3. The van der Waals surface area contributed by atoms with Crippen molar-refractivity contribution < 1.29 is 31.5 Å². The Morgan fingerprint density at radius 3 is 2.40 bits per heavy atom. The third kappa shape index (κ3) is 8.59. The monoisotopic (exact) mass is 765 g/mol. The fourth-order valence-corrected chi connectivity index (χ4v) is 7.63. The van der Waals surface area contributed by atoms with E-state index in [9.17, 15) is 26.7 Å². The van der Waals surface area contributed by atoms with E-state index in [1.807, 2.05) is 5.01 Å². The van der Waals surface area contributed by atoms with Crippen LogP contribution in [0.5, 0.6) is 0 Å². The van der Waals surface area contributed by atoms with Gasteiger partial charge in [-0.15, -0.1) is 11.3 Å². The van der Waals surface area contributed by atoms with Crippen molar-refractivity contribution in [1.82, 2.24) is 29.6 Å². The fraction of sp³-hybridized carbons (Fsp3) is 0.333. The van der Waals surface area contributed by atoms with Gasteiger partial charge in [0, 0.05) is 53.6 Å². The number of hydrogen-bond donors (Lipinski definition) is 1. The van der Waals surface area contributed by atoms with Crippen LogP contribution in [-0.2, 0) is 28.7 Å². The lowest BCUT2D eigenvalue weighted by Gasteiger charge is -2.38. The molecule has 1 unspecified atom stereocenters. The lowest BCUT2D eigenvalue weighted by atomic mass is 10.1. The van der Waals surface area contributed by atoms with Crippen molar-refractivity contribution in [3.8, 4) is 28.1 Å². The topological polar surface area (TPSA) is 106 Å². The number of carbonyl (C=O) groups excluding carboxylic acids is 1. The van der Waals surface area contributed by atoms with Gasteiger partial charge in [0.2, 0.25) is 0 Å². The van der Waals surface area contributed by atoms with Crippen molar-refractivity contribution in [2.45, 2.75) is 32.0 Å². The number of rotatable bonds is 8. The normalized spacial score (nSPS) is 16.6. The number of carbonyl (C=O) groups is 1. The Balaban J connectivity index is 1.46. The number of benzene rings is 2. The average molecular weight is 767 g/mol. The quantitative estimate of drug-likeness (QED) is 0.166. The predicted molar refractivity (Wildman–Crippen MR) is 184 cm³/mol. The molecule has 2 aliphatic rings. The number of ether oxygens (including phenoxy) is 1. The van der Waals surface area contributed by atoms with Crippen LogP contribution in [0.2, 0.25) is 10.0 Å². The number of nitrogens with zero attached hydrogens (tertiary/aromatic N) is 5. The fourth-order valence-electron chi connectivity index (χ4n) is 5.63. The largest absolute Gasteiger partial charge is 0.759 e. The highest BCUT2D eigenvalue weighted by molar-refractivity contribution is 7.76. The molecule has 2 fully saturated rings. The highest BCUT2D eigenvalue weighted by Crippen LogP contribution is 2.38. The van der Waals surface area contributed by atoms with Gasteiger partial charge < -0.3 is 9.29 Å². The molecule has 17 heteroatoms. The zero-order chi connectivity index (χ0) is 35.4. The van der Waals surface area contributed by atoms with Crippen molar-refractivity contribution in [2.24, 2.45) is 0 Å². The zero-order valence-corrected chi connectivity index (χ0v) is 29.5. The predicted octanol–water partition coefficient (Wildman–Crippen LogP) is 6.30. The summed E-state index contributed by atoms with van der Waals surface area (Å²) < 4.78 is 72.6. The number of thiophene rings is 1. The molecule has 1 amide bonds. The van der Waals surface area contributed by atoms with Gasteiger partial charge in [-0.1, -0.05) is 41.5 Å². The first kappa shape index (κ1) is 36.5. The van der Waals surface area contributed by atoms with Crippen LogP contribution in [-0.4, -0.2) is 78.3 Å². The van der Waals surface area contributed by atoms with E-state index in [4.69, 9.17) is 33.0 Å². The molecule has 2 aliphatic heterocycles. The molecule has 264 valence electrons. The molecule has 0 bridgehead atoms. The molecule has 1 N–H and O–H groups in total. The second kappa shape index (κ2) is 15.9. The third-order valence-corrected chi connectivity index (χ3v) is 10.4. The number of halogens is 5. The minimum absolute atomic E-state index is 0.00564. The van der Waals surface area contributed by atoms with E-state index in [1.54, 1.807) is 35.3 Å². The number of amides is 1. The summed E-state index contributed by atoms with van der Waals surface area (Å²) in [6, 6.07) is 12.9. The van der Waals surface area contributed by atoms with Gasteiger partial charge >= 0.3 is 6.18 Å². The molecule has 50 heavy (non-hydrogen) atoms. The van der Waals surface area contributed by atoms with E-state index < -0.39 is 28.9 Å². The molecular weight excluding hydrogens is 736 g/mol. The molecule has 1 atom stereocenters. The molecule has 2 saturated heterocycles. The van der Waals surface area contributed by atoms with E-state index >= 15 is 0 Å². The van der Waals surface area contributed by atoms with Crippen LogP contribution < -0.4 is 5.43 Å². The summed E-state index contributed by atoms with van der Waals surface area (Å²) in [5, 5.41) is 8.86. The third-order valence-electron chi connectivity index (χ3n) is 8.10. The van der Waals surface area contributed by atoms with Gasteiger partial charge in [0.05, 0.1) is 51.5 Å². The number of hydrazine groups is 2. The SMILES string of the molecule is O=C(NN1CCCCC1)c1nn(-c2ccc(Cl)cc2Cl)c(-c2ccc(C#Cc3ccc(C(F)(F)F)cc3)s2)c1CN(N1CCOCC1)S(=O)[O-]. The molecule has 4 heterocycles. The summed E-state index contributed by atoms with van der Waals surface area (Å²) in [6.45, 7) is 2.38. The summed E-state index contributed by atoms with van der Waals surface area (Å²) in [6.07, 6.45) is -1.57. The Morgan fingerprint density at radius 1 is 1.02 bits per heavy atom. The van der Waals surface area contributed by atoms with Crippen molar-refractivity contribution in [2.75, 3.05) is 39.4 Å². The summed E-state index contributed by atoms with van der Waals surface area (Å²) in [5.41, 5.74) is 3.71. The van der Waals surface area contributed by atoms with E-state index in [1.165, 1.54) is 28.2 Å². The van der Waals surface area contributed by atoms with Gasteiger partial charge in [-0.3, -0.25) is 14.4 Å². The summed E-state index contributed by atoms with van der Waals surface area (Å²) >= 11 is 11.4. The van der Waals surface area contributed by atoms with Crippen LogP contribution in [0.4, 0.5) is 13.2 Å². The molecule has 2 aromatic carbocycles. The molecule has 0 spiro atoms. The molecule has 10 nitrogen and oxygen atoms in total. The first-order chi connectivity index (χ1) is 24.0. The van der Waals surface area contributed by atoms with Crippen molar-refractivity contribution in [1.29, 1.82) is 0 Å². The van der Waals surface area contributed by atoms with Crippen LogP contribution in [0.25, 0.3) is 16.3 Å². The second-order valence-corrected chi connectivity index (χ2v) is 14.2. The van der Waals surface area contributed by atoms with Gasteiger partial charge in [-0.2, -0.15) is 22.7 Å². The molecule has 6 rings (SSSR count). The Kier molecular flexibility index (Phi) is 11.6. The molecule has 0 aliphatic carbocycles. The average Bonchev–Trinajstić information content (AvgIpc) is 3.71. The maximum atomic E-state index is 14.0. The van der Waals surface area contributed by atoms with Crippen LogP contribution in [0.1, 0.15) is 51.3 Å². The van der Waals surface area contributed by atoms with Gasteiger partial charge in [0.1, 0.15) is 0 Å².